The Morgan fingerprint density at radius 1 is 1.18 bits per heavy atom. The first-order valence-electron chi connectivity index (χ1n) is 8.95. The topological polar surface area (TPSA) is 114 Å². The maximum atomic E-state index is 14.6. The van der Waals surface area contributed by atoms with Crippen LogP contribution in [0.4, 0.5) is 8.78 Å². The van der Waals surface area contributed by atoms with Crippen molar-refractivity contribution in [3.05, 3.63) is 35.4 Å². The van der Waals surface area contributed by atoms with Crippen LogP contribution in [0.1, 0.15) is 37.9 Å². The fourth-order valence-electron chi connectivity index (χ4n) is 5.02. The molecule has 2 saturated heterocycles. The summed E-state index contributed by atoms with van der Waals surface area (Å²) in [7, 11) is 0. The van der Waals surface area contributed by atoms with Crippen LogP contribution in [0.15, 0.2) is 18.2 Å². The normalized spacial score (nSPS) is 37.7. The minimum atomic E-state index is -2.22. The lowest BCUT2D eigenvalue weighted by Crippen LogP contribution is -2.61. The summed E-state index contributed by atoms with van der Waals surface area (Å²) in [5, 5.41) is 38.7. The van der Waals surface area contributed by atoms with Gasteiger partial charge in [0.2, 0.25) is 17.1 Å². The first-order valence-corrected chi connectivity index (χ1v) is 8.95. The third-order valence-electron chi connectivity index (χ3n) is 6.42. The van der Waals surface area contributed by atoms with Crippen molar-refractivity contribution in [3.63, 3.8) is 0 Å². The number of rotatable bonds is 1. The molecule has 28 heavy (non-hydrogen) atoms. The Kier molecular flexibility index (Phi) is 3.76. The summed E-state index contributed by atoms with van der Waals surface area (Å²) in [6, 6.07) is 8.49. The Labute approximate surface area is 160 Å². The molecule has 5 unspecified atom stereocenters. The summed E-state index contributed by atoms with van der Waals surface area (Å²) in [6.07, 6.45) is -0.0395. The molecular weight excluding hydrogens is 366 g/mol. The highest BCUT2D eigenvalue weighted by molar-refractivity contribution is 5.89. The molecule has 0 spiro atoms. The van der Waals surface area contributed by atoms with Crippen molar-refractivity contribution >= 4 is 5.90 Å². The van der Waals surface area contributed by atoms with Gasteiger partial charge in [0.25, 0.3) is 0 Å². The van der Waals surface area contributed by atoms with Gasteiger partial charge in [0.1, 0.15) is 17.7 Å². The Bertz CT molecular complexity index is 993. The molecule has 3 aliphatic rings. The van der Waals surface area contributed by atoms with Crippen LogP contribution >= 0.6 is 0 Å². The lowest BCUT2D eigenvalue weighted by atomic mass is 9.50. The monoisotopic (exact) mass is 382 g/mol. The lowest BCUT2D eigenvalue weighted by molar-refractivity contribution is -0.298. The fraction of sp³-hybridized carbons (Fsp3) is 0.500. The van der Waals surface area contributed by atoms with Gasteiger partial charge in [-0.3, -0.25) is 5.41 Å². The molecule has 1 N–H and O–H groups in total. The van der Waals surface area contributed by atoms with E-state index < -0.39 is 46.2 Å². The van der Waals surface area contributed by atoms with Gasteiger partial charge in [-0.05, 0) is 24.8 Å². The van der Waals surface area contributed by atoms with Crippen LogP contribution in [-0.2, 0) is 9.47 Å². The number of hydrogen-bond acceptors (Lipinski definition) is 6. The molecule has 0 radical (unpaired) electrons. The first-order chi connectivity index (χ1) is 13.3. The van der Waals surface area contributed by atoms with Crippen LogP contribution in [0.5, 0.6) is 0 Å². The average molecular weight is 382 g/mol. The van der Waals surface area contributed by atoms with Crippen LogP contribution in [-0.4, -0.2) is 11.7 Å². The van der Waals surface area contributed by atoms with Crippen LogP contribution in [0.3, 0.4) is 0 Å². The second kappa shape index (κ2) is 5.74. The van der Waals surface area contributed by atoms with Crippen molar-refractivity contribution in [1.82, 2.24) is 0 Å². The minimum absolute atomic E-state index is 0.179. The first kappa shape index (κ1) is 18.3. The molecule has 4 rings (SSSR count). The van der Waals surface area contributed by atoms with Crippen molar-refractivity contribution < 1.29 is 18.3 Å². The summed E-state index contributed by atoms with van der Waals surface area (Å²) >= 11 is 0. The number of benzene rings is 1. The zero-order valence-electron chi connectivity index (χ0n) is 15.0. The third-order valence-corrected chi connectivity index (χ3v) is 6.42. The molecule has 2 bridgehead atoms. The van der Waals surface area contributed by atoms with Gasteiger partial charge >= 0.3 is 0 Å². The van der Waals surface area contributed by atoms with Crippen molar-refractivity contribution in [2.45, 2.75) is 38.1 Å². The van der Waals surface area contributed by atoms with E-state index in [2.05, 4.69) is 0 Å². The second-order valence-electron chi connectivity index (χ2n) is 7.79. The Hall–Kier alpha value is -3.02. The number of halogens is 2. The molecule has 5 atom stereocenters. The van der Waals surface area contributed by atoms with Gasteiger partial charge in [0.05, 0.1) is 24.1 Å². The van der Waals surface area contributed by atoms with Crippen molar-refractivity contribution in [2.24, 2.45) is 22.7 Å². The number of nitrogens with zero attached hydrogens (tertiary/aromatic N) is 3. The van der Waals surface area contributed by atoms with E-state index in [9.17, 15) is 24.6 Å². The molecule has 8 heteroatoms. The summed E-state index contributed by atoms with van der Waals surface area (Å²) in [6.45, 7) is 1.98. The van der Waals surface area contributed by atoms with Crippen molar-refractivity contribution in [1.29, 1.82) is 21.2 Å². The standard InChI is InChI=1S/C20H16F2N4O2/c1-11-4-5-20-15(6-11)19(10-25,17(26)28-20)18(8-23,9-24)16(27-20)13-3-2-12(21)7-14(13)22/h2-3,7,11,15-16,26H,4-6H2,1H3. The van der Waals surface area contributed by atoms with Gasteiger partial charge in [0, 0.05) is 18.1 Å². The molecule has 0 aromatic heterocycles. The molecule has 2 aliphatic heterocycles. The van der Waals surface area contributed by atoms with Crippen molar-refractivity contribution in [3.8, 4) is 18.2 Å². The minimum Gasteiger partial charge on any atom is -0.447 e. The van der Waals surface area contributed by atoms with E-state index in [-0.39, 0.29) is 11.5 Å². The predicted molar refractivity (Wildman–Crippen MR) is 89.9 cm³/mol. The van der Waals surface area contributed by atoms with Crippen LogP contribution < -0.4 is 0 Å². The van der Waals surface area contributed by atoms with Gasteiger partial charge in [-0.1, -0.05) is 13.0 Å². The Morgan fingerprint density at radius 2 is 1.89 bits per heavy atom. The Balaban J connectivity index is 2.01. The molecule has 1 saturated carbocycles. The summed E-state index contributed by atoms with van der Waals surface area (Å²) in [5.41, 5.74) is -4.34. The molecule has 1 aromatic rings. The zero-order chi connectivity index (χ0) is 20.3. The zero-order valence-corrected chi connectivity index (χ0v) is 15.0. The summed E-state index contributed by atoms with van der Waals surface area (Å²) in [4.78, 5) is 0. The van der Waals surface area contributed by atoms with E-state index in [0.29, 0.717) is 25.3 Å². The van der Waals surface area contributed by atoms with E-state index in [1.807, 2.05) is 25.1 Å². The smallest absolute Gasteiger partial charge is 0.217 e. The molecule has 3 fully saturated rings. The summed E-state index contributed by atoms with van der Waals surface area (Å²) in [5.74, 6) is -4.22. The van der Waals surface area contributed by atoms with Crippen molar-refractivity contribution in [2.75, 3.05) is 0 Å². The SMILES string of the molecule is CC1CCC23OC(=N)C(C#N)(C2C1)C(C#N)(C#N)C(c1ccc(F)cc1F)O3. The molecule has 6 nitrogen and oxygen atoms in total. The highest BCUT2D eigenvalue weighted by Crippen LogP contribution is 2.70. The van der Waals surface area contributed by atoms with E-state index >= 15 is 0 Å². The molecule has 2 heterocycles. The van der Waals surface area contributed by atoms with Gasteiger partial charge in [-0.2, -0.15) is 15.8 Å². The van der Waals surface area contributed by atoms with Crippen LogP contribution in [0.2, 0.25) is 0 Å². The van der Waals surface area contributed by atoms with E-state index in [1.165, 1.54) is 0 Å². The maximum absolute atomic E-state index is 14.6. The second-order valence-corrected chi connectivity index (χ2v) is 7.79. The summed E-state index contributed by atoms with van der Waals surface area (Å²) < 4.78 is 39.9. The third kappa shape index (κ3) is 1.92. The molecule has 0 amide bonds. The molecular formula is C20H16F2N4O2. The van der Waals surface area contributed by atoms with Gasteiger partial charge in [-0.15, -0.1) is 0 Å². The number of nitrogens with one attached hydrogen (secondary N) is 1. The number of hydrogen-bond donors (Lipinski definition) is 1. The maximum Gasteiger partial charge on any atom is 0.217 e. The fourth-order valence-corrected chi connectivity index (χ4v) is 5.02. The van der Waals surface area contributed by atoms with E-state index in [0.717, 1.165) is 12.1 Å². The highest BCUT2D eigenvalue weighted by Gasteiger charge is 2.81. The van der Waals surface area contributed by atoms with Crippen LogP contribution in [0.25, 0.3) is 0 Å². The van der Waals surface area contributed by atoms with Gasteiger partial charge < -0.3 is 9.47 Å². The highest BCUT2D eigenvalue weighted by atomic mass is 19.1. The van der Waals surface area contributed by atoms with Gasteiger partial charge in [0.15, 0.2) is 5.41 Å². The molecule has 1 aromatic carbocycles. The van der Waals surface area contributed by atoms with E-state index in [1.54, 1.807) is 0 Å². The van der Waals surface area contributed by atoms with Crippen LogP contribution in [0, 0.1) is 73.7 Å². The molecule has 1 aliphatic carbocycles. The largest absolute Gasteiger partial charge is 0.447 e. The Morgan fingerprint density at radius 3 is 2.50 bits per heavy atom. The quantitative estimate of drug-likeness (QED) is 0.795. The van der Waals surface area contributed by atoms with E-state index in [4.69, 9.17) is 14.9 Å². The predicted octanol–water partition coefficient (Wildman–Crippen LogP) is 3.72. The number of nitriles is 3. The molecule has 142 valence electrons. The average Bonchev–Trinajstić information content (AvgIpc) is 2.86. The van der Waals surface area contributed by atoms with Gasteiger partial charge in [-0.25, -0.2) is 8.78 Å². The number of ether oxygens (including phenoxy) is 2. The lowest BCUT2D eigenvalue weighted by Gasteiger charge is -2.52.